The van der Waals surface area contributed by atoms with E-state index in [1.54, 1.807) is 6.92 Å². The smallest absolute Gasteiger partial charge is 0.332 e. The van der Waals surface area contributed by atoms with E-state index >= 15 is 0 Å². The zero-order chi connectivity index (χ0) is 14.9. The molecule has 2 N–H and O–H groups in total. The van der Waals surface area contributed by atoms with Crippen LogP contribution in [0.3, 0.4) is 0 Å². The molecule has 110 valence electrons. The van der Waals surface area contributed by atoms with Crippen molar-refractivity contribution in [1.82, 2.24) is 18.9 Å². The highest BCUT2D eigenvalue weighted by Crippen LogP contribution is 2.16. The van der Waals surface area contributed by atoms with Gasteiger partial charge in [-0.15, -0.1) is 11.6 Å². The summed E-state index contributed by atoms with van der Waals surface area (Å²) < 4.78 is 4.16. The molecule has 0 bridgehead atoms. The first kappa shape index (κ1) is 14.6. The molecule has 7 nitrogen and oxygen atoms in total. The van der Waals surface area contributed by atoms with Crippen molar-refractivity contribution in [2.75, 3.05) is 11.6 Å². The van der Waals surface area contributed by atoms with E-state index in [4.69, 9.17) is 17.3 Å². The van der Waals surface area contributed by atoms with Crippen molar-refractivity contribution in [3.05, 3.63) is 20.8 Å². The van der Waals surface area contributed by atoms with Gasteiger partial charge in [0.05, 0.1) is 6.54 Å². The van der Waals surface area contributed by atoms with E-state index in [1.807, 2.05) is 6.92 Å². The first-order valence-corrected chi connectivity index (χ1v) is 7.15. The van der Waals surface area contributed by atoms with Gasteiger partial charge in [-0.25, -0.2) is 9.48 Å². The van der Waals surface area contributed by atoms with E-state index < -0.39 is 5.56 Å². The number of anilines is 1. The molecule has 0 radical (unpaired) electrons. The fourth-order valence-corrected chi connectivity index (χ4v) is 2.43. The second-order valence-electron chi connectivity index (χ2n) is 4.48. The van der Waals surface area contributed by atoms with Gasteiger partial charge in [0.25, 0.3) is 5.56 Å². The summed E-state index contributed by atoms with van der Waals surface area (Å²) in [4.78, 5) is 24.7. The summed E-state index contributed by atoms with van der Waals surface area (Å²) in [6, 6.07) is 0. The first-order chi connectivity index (χ1) is 9.56. The Bertz CT molecular complexity index is 743. The molecule has 0 atom stereocenters. The minimum atomic E-state index is -0.391. The monoisotopic (exact) mass is 299 g/mol. The third-order valence-electron chi connectivity index (χ3n) is 3.21. The van der Waals surface area contributed by atoms with Gasteiger partial charge in [-0.1, -0.05) is 6.92 Å². The lowest BCUT2D eigenvalue weighted by Crippen LogP contribution is -2.39. The topological polar surface area (TPSA) is 87.8 Å². The molecule has 0 aliphatic carbocycles. The van der Waals surface area contributed by atoms with E-state index in [0.29, 0.717) is 36.5 Å². The summed E-state index contributed by atoms with van der Waals surface area (Å²) in [6.07, 6.45) is 0.763. The molecule has 0 saturated heterocycles. The van der Waals surface area contributed by atoms with E-state index in [9.17, 15) is 9.59 Å². The quantitative estimate of drug-likeness (QED) is 0.819. The lowest BCUT2D eigenvalue weighted by Gasteiger charge is -2.08. The summed E-state index contributed by atoms with van der Waals surface area (Å²) in [5.41, 5.74) is 5.58. The SMILES string of the molecule is CCCn1c(=O)n(CC)c(=O)c2c(N)n(CCCl)nc21. The summed E-state index contributed by atoms with van der Waals surface area (Å²) in [6.45, 7) is 4.90. The van der Waals surface area contributed by atoms with Crippen LogP contribution in [0.25, 0.3) is 11.0 Å². The molecule has 0 spiro atoms. The Morgan fingerprint density at radius 3 is 2.45 bits per heavy atom. The van der Waals surface area contributed by atoms with Gasteiger partial charge in [-0.3, -0.25) is 13.9 Å². The van der Waals surface area contributed by atoms with Gasteiger partial charge < -0.3 is 5.73 Å². The molecule has 2 heterocycles. The Morgan fingerprint density at radius 2 is 1.90 bits per heavy atom. The summed E-state index contributed by atoms with van der Waals surface area (Å²) in [5.74, 6) is 0.593. The molecule has 0 aromatic carbocycles. The Kier molecular flexibility index (Phi) is 4.17. The maximum atomic E-state index is 12.4. The number of alkyl halides is 1. The number of aromatic nitrogens is 4. The normalized spacial score (nSPS) is 11.3. The molecule has 8 heteroatoms. The minimum Gasteiger partial charge on any atom is -0.383 e. The van der Waals surface area contributed by atoms with Crippen LogP contribution in [0.1, 0.15) is 20.3 Å². The van der Waals surface area contributed by atoms with E-state index in [-0.39, 0.29) is 11.5 Å². The number of halogens is 1. The van der Waals surface area contributed by atoms with Gasteiger partial charge in [0.1, 0.15) is 11.2 Å². The van der Waals surface area contributed by atoms with Crippen molar-refractivity contribution < 1.29 is 0 Å². The Morgan fingerprint density at radius 1 is 1.20 bits per heavy atom. The van der Waals surface area contributed by atoms with Crippen LogP contribution in [0.5, 0.6) is 0 Å². The largest absolute Gasteiger partial charge is 0.383 e. The third kappa shape index (κ3) is 2.11. The molecule has 0 aliphatic rings. The molecule has 2 rings (SSSR count). The van der Waals surface area contributed by atoms with Crippen LogP contribution in [0.2, 0.25) is 0 Å². The van der Waals surface area contributed by atoms with Gasteiger partial charge in [-0.2, -0.15) is 5.10 Å². The highest BCUT2D eigenvalue weighted by Gasteiger charge is 2.19. The minimum absolute atomic E-state index is 0.262. The van der Waals surface area contributed by atoms with Crippen molar-refractivity contribution in [2.24, 2.45) is 0 Å². The predicted octanol–water partition coefficient (Wildman–Crippen LogP) is 0.611. The predicted molar refractivity (Wildman–Crippen MR) is 79.4 cm³/mol. The lowest BCUT2D eigenvalue weighted by molar-refractivity contribution is 0.575. The average molecular weight is 300 g/mol. The fraction of sp³-hybridized carbons (Fsp3) is 0.583. The third-order valence-corrected chi connectivity index (χ3v) is 3.38. The highest BCUT2D eigenvalue weighted by atomic mass is 35.5. The molecule has 2 aromatic heterocycles. The summed E-state index contributed by atoms with van der Waals surface area (Å²) >= 11 is 5.70. The number of hydrogen-bond acceptors (Lipinski definition) is 4. The second kappa shape index (κ2) is 5.70. The maximum absolute atomic E-state index is 12.4. The molecule has 0 saturated carbocycles. The van der Waals surface area contributed by atoms with Crippen LogP contribution in [-0.4, -0.2) is 24.8 Å². The van der Waals surface area contributed by atoms with Crippen molar-refractivity contribution in [1.29, 1.82) is 0 Å². The molecule has 0 fully saturated rings. The lowest BCUT2D eigenvalue weighted by atomic mass is 10.3. The number of nitrogens with zero attached hydrogens (tertiary/aromatic N) is 4. The number of aryl methyl sites for hydroxylation is 2. The van der Waals surface area contributed by atoms with Crippen molar-refractivity contribution in [2.45, 2.75) is 39.9 Å². The van der Waals surface area contributed by atoms with Gasteiger partial charge in [0, 0.05) is 19.0 Å². The zero-order valence-electron chi connectivity index (χ0n) is 11.6. The Balaban J connectivity index is 2.92. The van der Waals surface area contributed by atoms with E-state index in [0.717, 1.165) is 6.42 Å². The Labute approximate surface area is 120 Å². The number of rotatable bonds is 5. The molecular formula is C12H18ClN5O2. The molecule has 0 unspecified atom stereocenters. The summed E-state index contributed by atoms with van der Waals surface area (Å²) in [5, 5.41) is 4.57. The van der Waals surface area contributed by atoms with Gasteiger partial charge in [0.2, 0.25) is 0 Å². The van der Waals surface area contributed by atoms with Gasteiger partial charge >= 0.3 is 5.69 Å². The molecular weight excluding hydrogens is 282 g/mol. The van der Waals surface area contributed by atoms with Crippen LogP contribution in [0.4, 0.5) is 5.82 Å². The molecule has 0 aliphatic heterocycles. The van der Waals surface area contributed by atoms with Crippen LogP contribution in [0.15, 0.2) is 9.59 Å². The number of nitrogen functional groups attached to an aromatic ring is 1. The van der Waals surface area contributed by atoms with Gasteiger partial charge in [0.15, 0.2) is 5.65 Å². The van der Waals surface area contributed by atoms with Crippen molar-refractivity contribution in [3.63, 3.8) is 0 Å². The standard InChI is InChI=1S/C12H18ClN5O2/c1-3-6-17-10-8(9(14)18(15-10)7-5-13)11(19)16(4-2)12(17)20/h3-7,14H2,1-2H3. The van der Waals surface area contributed by atoms with Crippen LogP contribution < -0.4 is 17.0 Å². The average Bonchev–Trinajstić information content (AvgIpc) is 2.73. The first-order valence-electron chi connectivity index (χ1n) is 6.62. The molecule has 0 amide bonds. The Hall–Kier alpha value is -1.76. The maximum Gasteiger partial charge on any atom is 0.332 e. The van der Waals surface area contributed by atoms with Gasteiger partial charge in [-0.05, 0) is 13.3 Å². The van der Waals surface area contributed by atoms with Crippen molar-refractivity contribution >= 4 is 28.5 Å². The van der Waals surface area contributed by atoms with Crippen LogP contribution in [0, 0.1) is 0 Å². The summed E-state index contributed by atoms with van der Waals surface area (Å²) in [7, 11) is 0. The fourth-order valence-electron chi connectivity index (χ4n) is 2.27. The zero-order valence-corrected chi connectivity index (χ0v) is 12.4. The van der Waals surface area contributed by atoms with Crippen LogP contribution in [-0.2, 0) is 19.6 Å². The van der Waals surface area contributed by atoms with E-state index in [1.165, 1.54) is 13.8 Å². The number of nitrogens with two attached hydrogens (primary N) is 1. The highest BCUT2D eigenvalue weighted by molar-refractivity contribution is 6.17. The van der Waals surface area contributed by atoms with Crippen LogP contribution >= 0.6 is 11.6 Å². The molecule has 20 heavy (non-hydrogen) atoms. The second-order valence-corrected chi connectivity index (χ2v) is 4.86. The van der Waals surface area contributed by atoms with E-state index in [2.05, 4.69) is 5.10 Å². The van der Waals surface area contributed by atoms with Crippen molar-refractivity contribution in [3.8, 4) is 0 Å². The molecule has 2 aromatic rings. The number of hydrogen-bond donors (Lipinski definition) is 1. The number of fused-ring (bicyclic) bond motifs is 1.